The minimum absolute atomic E-state index is 0.0623. The first-order valence-electron chi connectivity index (χ1n) is 5.46. The van der Waals surface area contributed by atoms with E-state index in [1.54, 1.807) is 0 Å². The second-order valence-electron chi connectivity index (χ2n) is 3.49. The molecule has 1 atom stereocenters. The van der Waals surface area contributed by atoms with Gasteiger partial charge in [-0.05, 0) is 0 Å². The molecule has 0 aliphatic carbocycles. The van der Waals surface area contributed by atoms with E-state index in [0.717, 1.165) is 6.26 Å². The summed E-state index contributed by atoms with van der Waals surface area (Å²) in [5.41, 5.74) is 0. The van der Waals surface area contributed by atoms with Gasteiger partial charge in [-0.1, -0.05) is 25.3 Å². The number of nitrogens with one attached hydrogen (secondary N) is 1. The predicted molar refractivity (Wildman–Crippen MR) is 70.4 cm³/mol. The molecule has 0 aliphatic heterocycles. The molecule has 1 N–H and O–H groups in total. The van der Waals surface area contributed by atoms with E-state index in [2.05, 4.69) is 27.4 Å². The van der Waals surface area contributed by atoms with Crippen molar-refractivity contribution < 1.29 is 31.7 Å². The van der Waals surface area contributed by atoms with Crippen LogP contribution in [0.4, 0.5) is 4.79 Å². The predicted octanol–water partition coefficient (Wildman–Crippen LogP) is -0.0274. The largest absolute Gasteiger partial charge is 0.460 e. The Bertz CT molecular complexity index is 457. The smallest absolute Gasteiger partial charge is 0.408 e. The van der Waals surface area contributed by atoms with Gasteiger partial charge in [-0.25, -0.2) is 9.59 Å². The van der Waals surface area contributed by atoms with Crippen molar-refractivity contribution in [2.75, 3.05) is 26.1 Å². The fraction of sp³-hybridized carbons (Fsp3) is 0.455. The second kappa shape index (κ2) is 9.10. The number of ether oxygens (including phenoxy) is 2. The van der Waals surface area contributed by atoms with Crippen LogP contribution in [0.15, 0.2) is 25.3 Å². The number of carbonyl (C=O) groups excluding carboxylic acids is 2. The van der Waals surface area contributed by atoms with Crippen LogP contribution in [0.25, 0.3) is 0 Å². The van der Waals surface area contributed by atoms with E-state index >= 15 is 0 Å². The van der Waals surface area contributed by atoms with Gasteiger partial charge in [0.2, 0.25) is 0 Å². The maximum absolute atomic E-state index is 11.6. The van der Waals surface area contributed by atoms with Gasteiger partial charge in [-0.2, -0.15) is 8.42 Å². The van der Waals surface area contributed by atoms with E-state index in [9.17, 15) is 18.0 Å². The zero-order chi connectivity index (χ0) is 15.6. The third-order valence-corrected chi connectivity index (χ3v) is 2.27. The molecule has 0 saturated carbocycles. The molecular weight excluding hydrogens is 290 g/mol. The first-order valence-corrected chi connectivity index (χ1v) is 7.28. The quantitative estimate of drug-likeness (QED) is 0.362. The first kappa shape index (κ1) is 18.1. The maximum Gasteiger partial charge on any atom is 0.408 e. The molecule has 114 valence electrons. The average Bonchev–Trinajstić information content (AvgIpc) is 2.37. The number of rotatable bonds is 9. The Labute approximate surface area is 117 Å². The Morgan fingerprint density at radius 2 is 1.75 bits per heavy atom. The van der Waals surface area contributed by atoms with E-state index < -0.39 is 34.8 Å². The molecule has 0 rings (SSSR count). The van der Waals surface area contributed by atoms with E-state index in [-0.39, 0.29) is 13.2 Å². The zero-order valence-corrected chi connectivity index (χ0v) is 11.9. The Hall–Kier alpha value is -1.87. The lowest BCUT2D eigenvalue weighted by Gasteiger charge is -2.16. The lowest BCUT2D eigenvalue weighted by atomic mass is 10.3. The van der Waals surface area contributed by atoms with E-state index in [1.807, 2.05) is 0 Å². The lowest BCUT2D eigenvalue weighted by molar-refractivity contribution is -0.145. The summed E-state index contributed by atoms with van der Waals surface area (Å²) in [7, 11) is -3.76. The van der Waals surface area contributed by atoms with E-state index in [0.29, 0.717) is 0 Å². The van der Waals surface area contributed by atoms with Crippen LogP contribution in [-0.2, 0) is 28.6 Å². The number of hydrogen-bond donors (Lipinski definition) is 1. The molecule has 0 spiro atoms. The van der Waals surface area contributed by atoms with Crippen molar-refractivity contribution in [1.29, 1.82) is 0 Å². The summed E-state index contributed by atoms with van der Waals surface area (Å²) in [5.74, 6) is -0.871. The van der Waals surface area contributed by atoms with Gasteiger partial charge in [0, 0.05) is 0 Å². The molecule has 0 aliphatic rings. The third-order valence-electron chi connectivity index (χ3n) is 1.70. The molecule has 0 radical (unpaired) electrons. The minimum atomic E-state index is -3.76. The summed E-state index contributed by atoms with van der Waals surface area (Å²) in [4.78, 5) is 22.9. The summed E-state index contributed by atoms with van der Waals surface area (Å²) in [6.07, 6.45) is 2.54. The molecule has 0 aromatic carbocycles. The second-order valence-corrected chi connectivity index (χ2v) is 5.14. The maximum atomic E-state index is 11.6. The molecule has 1 amide bonds. The Kier molecular flexibility index (Phi) is 8.25. The van der Waals surface area contributed by atoms with Crippen LogP contribution < -0.4 is 5.32 Å². The van der Waals surface area contributed by atoms with E-state index in [1.165, 1.54) is 12.2 Å². The van der Waals surface area contributed by atoms with Gasteiger partial charge in [-0.15, -0.1) is 0 Å². The summed E-state index contributed by atoms with van der Waals surface area (Å²) in [6.45, 7) is 5.95. The summed E-state index contributed by atoms with van der Waals surface area (Å²) in [5, 5.41) is 2.13. The van der Waals surface area contributed by atoms with Gasteiger partial charge >= 0.3 is 12.1 Å². The first-order chi connectivity index (χ1) is 9.30. The van der Waals surface area contributed by atoms with Crippen molar-refractivity contribution in [3.8, 4) is 0 Å². The van der Waals surface area contributed by atoms with Crippen LogP contribution >= 0.6 is 0 Å². The fourth-order valence-electron chi connectivity index (χ4n) is 0.920. The van der Waals surface area contributed by atoms with Crippen molar-refractivity contribution in [3.05, 3.63) is 25.3 Å². The highest BCUT2D eigenvalue weighted by Gasteiger charge is 2.24. The standard InChI is InChI=1S/C11H17NO7S/c1-4-6-17-10(13)9(8-19-20(3,15)16)12-11(14)18-7-5-2/h4-5,9H,1-2,6-8H2,3H3,(H,12,14)/t9-/m1/s1. The van der Waals surface area contributed by atoms with Gasteiger partial charge < -0.3 is 14.8 Å². The Morgan fingerprint density at radius 1 is 1.20 bits per heavy atom. The summed E-state index contributed by atoms with van der Waals surface area (Å²) >= 11 is 0. The lowest BCUT2D eigenvalue weighted by Crippen LogP contribution is -2.45. The van der Waals surface area contributed by atoms with Gasteiger partial charge in [-0.3, -0.25) is 4.18 Å². The van der Waals surface area contributed by atoms with Crippen LogP contribution in [0.2, 0.25) is 0 Å². The number of alkyl carbamates (subject to hydrolysis) is 1. The van der Waals surface area contributed by atoms with Crippen LogP contribution in [0.5, 0.6) is 0 Å². The number of amides is 1. The monoisotopic (exact) mass is 307 g/mol. The highest BCUT2D eigenvalue weighted by atomic mass is 32.2. The van der Waals surface area contributed by atoms with Crippen LogP contribution in [-0.4, -0.2) is 52.6 Å². The van der Waals surface area contributed by atoms with Crippen LogP contribution in [0.1, 0.15) is 0 Å². The molecule has 0 aromatic rings. The molecule has 0 unspecified atom stereocenters. The van der Waals surface area contributed by atoms with Crippen molar-refractivity contribution in [3.63, 3.8) is 0 Å². The van der Waals surface area contributed by atoms with Gasteiger partial charge in [0.1, 0.15) is 13.2 Å². The normalized spacial score (nSPS) is 12.1. The molecular formula is C11H17NO7S. The molecule has 8 nitrogen and oxygen atoms in total. The van der Waals surface area contributed by atoms with Crippen LogP contribution in [0.3, 0.4) is 0 Å². The Morgan fingerprint density at radius 3 is 2.25 bits per heavy atom. The fourth-order valence-corrected chi connectivity index (χ4v) is 1.30. The van der Waals surface area contributed by atoms with Crippen LogP contribution in [0, 0.1) is 0 Å². The zero-order valence-electron chi connectivity index (χ0n) is 11.0. The topological polar surface area (TPSA) is 108 Å². The molecule has 0 aromatic heterocycles. The third kappa shape index (κ3) is 9.11. The molecule has 0 bridgehead atoms. The molecule has 20 heavy (non-hydrogen) atoms. The molecule has 0 fully saturated rings. The number of carbonyl (C=O) groups is 2. The minimum Gasteiger partial charge on any atom is -0.460 e. The summed E-state index contributed by atoms with van der Waals surface area (Å²) in [6, 6.07) is -1.32. The van der Waals surface area contributed by atoms with Gasteiger partial charge in [0.05, 0.1) is 12.9 Å². The average molecular weight is 307 g/mol. The molecule has 0 saturated heterocycles. The number of esters is 1. The number of hydrogen-bond acceptors (Lipinski definition) is 7. The highest BCUT2D eigenvalue weighted by molar-refractivity contribution is 7.85. The summed E-state index contributed by atoms with van der Waals surface area (Å²) < 4.78 is 35.5. The van der Waals surface area contributed by atoms with Crippen molar-refractivity contribution in [2.24, 2.45) is 0 Å². The van der Waals surface area contributed by atoms with E-state index in [4.69, 9.17) is 4.74 Å². The highest BCUT2D eigenvalue weighted by Crippen LogP contribution is 1.97. The van der Waals surface area contributed by atoms with Crippen molar-refractivity contribution in [2.45, 2.75) is 6.04 Å². The molecule has 0 heterocycles. The van der Waals surface area contributed by atoms with Crippen molar-refractivity contribution in [1.82, 2.24) is 5.32 Å². The van der Waals surface area contributed by atoms with Gasteiger partial charge in [0.15, 0.2) is 6.04 Å². The SMILES string of the molecule is C=CCOC(=O)N[C@H](COS(C)(=O)=O)C(=O)OCC=C. The molecule has 9 heteroatoms. The van der Waals surface area contributed by atoms with Gasteiger partial charge in [0.25, 0.3) is 10.1 Å². The Balaban J connectivity index is 4.59. The van der Waals surface area contributed by atoms with Crippen molar-refractivity contribution >= 4 is 22.2 Å².